The van der Waals surface area contributed by atoms with Gasteiger partial charge in [0.05, 0.1) is 24.5 Å². The molecule has 0 spiro atoms. The molecule has 31 heavy (non-hydrogen) atoms. The van der Waals surface area contributed by atoms with Crippen molar-refractivity contribution in [1.82, 2.24) is 4.90 Å². The van der Waals surface area contributed by atoms with Gasteiger partial charge in [0.2, 0.25) is 0 Å². The van der Waals surface area contributed by atoms with Gasteiger partial charge in [0.25, 0.3) is 11.8 Å². The summed E-state index contributed by atoms with van der Waals surface area (Å²) in [6, 6.07) is 14.6. The lowest BCUT2D eigenvalue weighted by molar-refractivity contribution is -0.120. The van der Waals surface area contributed by atoms with Crippen molar-refractivity contribution < 1.29 is 19.1 Å². The van der Waals surface area contributed by atoms with Crippen molar-refractivity contribution in [2.24, 2.45) is 0 Å². The molecule has 0 saturated carbocycles. The summed E-state index contributed by atoms with van der Waals surface area (Å²) in [6.07, 6.45) is 2.91. The fourth-order valence-corrected chi connectivity index (χ4v) is 4.06. The van der Waals surface area contributed by atoms with Gasteiger partial charge in [-0.2, -0.15) is 0 Å². The van der Waals surface area contributed by atoms with Crippen LogP contribution in [0.1, 0.15) is 38.7 Å². The quantitative estimate of drug-likeness (QED) is 0.598. The summed E-state index contributed by atoms with van der Waals surface area (Å²) in [5, 5.41) is 0. The van der Waals surface area contributed by atoms with Crippen LogP contribution in [0.15, 0.2) is 54.2 Å². The smallest absolute Gasteiger partial charge is 0.282 e. The van der Waals surface area contributed by atoms with Crippen LogP contribution in [0.25, 0.3) is 5.57 Å². The zero-order valence-corrected chi connectivity index (χ0v) is 18.1. The summed E-state index contributed by atoms with van der Waals surface area (Å²) in [6.45, 7) is 6.68. The van der Waals surface area contributed by atoms with Gasteiger partial charge in [-0.05, 0) is 56.0 Å². The Hall–Kier alpha value is -3.28. The van der Waals surface area contributed by atoms with Crippen molar-refractivity contribution >= 4 is 23.1 Å². The third kappa shape index (κ3) is 4.15. The number of likely N-dealkylation sites (tertiary alicyclic amines) is 1. The molecule has 6 nitrogen and oxygen atoms in total. The molecule has 6 heteroatoms. The SMILES string of the molecule is CCCOc1cccc(N2C(=O)C(c3ccc(OCC)cc3)=C(N3CCCC3)C2=O)c1. The molecule has 162 valence electrons. The van der Waals surface area contributed by atoms with Crippen molar-refractivity contribution in [3.05, 3.63) is 59.8 Å². The molecule has 1 fully saturated rings. The molecule has 2 aromatic carbocycles. The Bertz CT molecular complexity index is 991. The molecule has 0 atom stereocenters. The summed E-state index contributed by atoms with van der Waals surface area (Å²) in [5.41, 5.74) is 2.20. The molecule has 2 amide bonds. The van der Waals surface area contributed by atoms with Gasteiger partial charge in [0.1, 0.15) is 17.2 Å². The van der Waals surface area contributed by atoms with E-state index in [1.807, 2.05) is 55.1 Å². The lowest BCUT2D eigenvalue weighted by atomic mass is 10.0. The second kappa shape index (κ2) is 9.25. The second-order valence-electron chi connectivity index (χ2n) is 7.67. The molecule has 2 aromatic rings. The lowest BCUT2D eigenvalue weighted by Crippen LogP contribution is -2.34. The van der Waals surface area contributed by atoms with Gasteiger partial charge >= 0.3 is 0 Å². The molecule has 1 saturated heterocycles. The summed E-state index contributed by atoms with van der Waals surface area (Å²) >= 11 is 0. The topological polar surface area (TPSA) is 59.1 Å². The predicted molar refractivity (Wildman–Crippen MR) is 120 cm³/mol. The minimum absolute atomic E-state index is 0.275. The van der Waals surface area contributed by atoms with Gasteiger partial charge < -0.3 is 14.4 Å². The minimum atomic E-state index is -0.302. The number of hydrogen-bond donors (Lipinski definition) is 0. The number of carbonyl (C=O) groups is 2. The summed E-state index contributed by atoms with van der Waals surface area (Å²) in [7, 11) is 0. The van der Waals surface area contributed by atoms with E-state index in [4.69, 9.17) is 9.47 Å². The first-order chi connectivity index (χ1) is 15.1. The molecule has 0 bridgehead atoms. The number of benzene rings is 2. The summed E-state index contributed by atoms with van der Waals surface area (Å²) < 4.78 is 11.2. The van der Waals surface area contributed by atoms with Crippen molar-refractivity contribution in [1.29, 1.82) is 0 Å². The van der Waals surface area contributed by atoms with E-state index >= 15 is 0 Å². The zero-order valence-electron chi connectivity index (χ0n) is 18.1. The average Bonchev–Trinajstić information content (AvgIpc) is 3.39. The molecular weight excluding hydrogens is 392 g/mol. The highest BCUT2D eigenvalue weighted by Crippen LogP contribution is 2.37. The van der Waals surface area contributed by atoms with E-state index < -0.39 is 0 Å². The van der Waals surface area contributed by atoms with E-state index in [2.05, 4.69) is 0 Å². The second-order valence-corrected chi connectivity index (χ2v) is 7.67. The highest BCUT2D eigenvalue weighted by Gasteiger charge is 2.43. The Balaban J connectivity index is 1.72. The molecular formula is C25H28N2O4. The van der Waals surface area contributed by atoms with Gasteiger partial charge in [0, 0.05) is 19.2 Å². The van der Waals surface area contributed by atoms with E-state index in [0.717, 1.165) is 43.7 Å². The number of carbonyl (C=O) groups excluding carboxylic acids is 2. The average molecular weight is 421 g/mol. The van der Waals surface area contributed by atoms with Gasteiger partial charge in [-0.25, -0.2) is 4.90 Å². The Labute approximate surface area is 183 Å². The fraction of sp³-hybridized carbons (Fsp3) is 0.360. The number of rotatable bonds is 8. The van der Waals surface area contributed by atoms with Crippen LogP contribution in [0, 0.1) is 0 Å². The summed E-state index contributed by atoms with van der Waals surface area (Å²) in [4.78, 5) is 30.4. The molecule has 2 heterocycles. The maximum absolute atomic E-state index is 13.6. The number of hydrogen-bond acceptors (Lipinski definition) is 5. The van der Waals surface area contributed by atoms with E-state index in [0.29, 0.717) is 35.9 Å². The third-order valence-electron chi connectivity index (χ3n) is 5.48. The Morgan fingerprint density at radius 3 is 2.29 bits per heavy atom. The normalized spacial score (nSPS) is 16.5. The van der Waals surface area contributed by atoms with Crippen LogP contribution >= 0.6 is 0 Å². The van der Waals surface area contributed by atoms with Crippen molar-refractivity contribution in [3.63, 3.8) is 0 Å². The largest absolute Gasteiger partial charge is 0.494 e. The maximum Gasteiger partial charge on any atom is 0.282 e. The van der Waals surface area contributed by atoms with Crippen molar-refractivity contribution in [2.75, 3.05) is 31.2 Å². The highest BCUT2D eigenvalue weighted by atomic mass is 16.5. The monoisotopic (exact) mass is 420 g/mol. The van der Waals surface area contributed by atoms with Crippen LogP contribution in [-0.2, 0) is 9.59 Å². The zero-order chi connectivity index (χ0) is 21.8. The first-order valence-electron chi connectivity index (χ1n) is 11.0. The number of amides is 2. The molecule has 0 aromatic heterocycles. The van der Waals surface area contributed by atoms with Crippen molar-refractivity contribution in [3.8, 4) is 11.5 Å². The van der Waals surface area contributed by atoms with Gasteiger partial charge in [-0.15, -0.1) is 0 Å². The highest BCUT2D eigenvalue weighted by molar-refractivity contribution is 6.45. The molecule has 2 aliphatic rings. The molecule has 0 aliphatic carbocycles. The summed E-state index contributed by atoms with van der Waals surface area (Å²) in [5.74, 6) is 0.813. The fourth-order valence-electron chi connectivity index (χ4n) is 4.06. The van der Waals surface area contributed by atoms with Crippen LogP contribution in [0.4, 0.5) is 5.69 Å². The van der Waals surface area contributed by atoms with Crippen LogP contribution < -0.4 is 14.4 Å². The van der Waals surface area contributed by atoms with Crippen LogP contribution in [-0.4, -0.2) is 43.0 Å². The number of imide groups is 1. The maximum atomic E-state index is 13.6. The third-order valence-corrected chi connectivity index (χ3v) is 5.48. The molecule has 0 N–H and O–H groups in total. The van der Waals surface area contributed by atoms with Crippen molar-refractivity contribution in [2.45, 2.75) is 33.1 Å². The Morgan fingerprint density at radius 1 is 0.871 bits per heavy atom. The lowest BCUT2D eigenvalue weighted by Gasteiger charge is -2.20. The number of anilines is 1. The molecule has 0 radical (unpaired) electrons. The first-order valence-corrected chi connectivity index (χ1v) is 11.0. The number of ether oxygens (including phenoxy) is 2. The van der Waals surface area contributed by atoms with Crippen LogP contribution in [0.2, 0.25) is 0 Å². The van der Waals surface area contributed by atoms with E-state index in [1.165, 1.54) is 4.90 Å². The Kier molecular flexibility index (Phi) is 6.26. The van der Waals surface area contributed by atoms with E-state index in [-0.39, 0.29) is 11.8 Å². The minimum Gasteiger partial charge on any atom is -0.494 e. The van der Waals surface area contributed by atoms with E-state index in [1.54, 1.807) is 12.1 Å². The predicted octanol–water partition coefficient (Wildman–Crippen LogP) is 4.25. The molecule has 0 unspecified atom stereocenters. The standard InChI is InChI=1S/C25H28N2O4/c1-3-16-31-21-9-7-8-19(17-21)27-24(28)22(18-10-12-20(13-11-18)30-4-2)23(25(27)29)26-14-5-6-15-26/h7-13,17H,3-6,14-16H2,1-2H3. The van der Waals surface area contributed by atoms with E-state index in [9.17, 15) is 9.59 Å². The van der Waals surface area contributed by atoms with Crippen LogP contribution in [0.3, 0.4) is 0 Å². The first kappa shape index (κ1) is 21.0. The Morgan fingerprint density at radius 2 is 1.61 bits per heavy atom. The molecule has 2 aliphatic heterocycles. The molecule has 4 rings (SSSR count). The van der Waals surface area contributed by atoms with Gasteiger partial charge in [-0.3, -0.25) is 9.59 Å². The number of nitrogens with zero attached hydrogens (tertiary/aromatic N) is 2. The van der Waals surface area contributed by atoms with Gasteiger partial charge in [0.15, 0.2) is 0 Å². The van der Waals surface area contributed by atoms with Gasteiger partial charge in [-0.1, -0.05) is 25.1 Å². The van der Waals surface area contributed by atoms with Crippen LogP contribution in [0.5, 0.6) is 11.5 Å².